The number of nitrogens with one attached hydrogen (secondary N) is 1. The Morgan fingerprint density at radius 1 is 1.29 bits per heavy atom. The van der Waals surface area contributed by atoms with Crippen LogP contribution in [0.5, 0.6) is 0 Å². The summed E-state index contributed by atoms with van der Waals surface area (Å²) < 4.78 is 0. The van der Waals surface area contributed by atoms with Crippen molar-refractivity contribution in [3.63, 3.8) is 0 Å². The van der Waals surface area contributed by atoms with Crippen LogP contribution in [-0.2, 0) is 11.8 Å². The van der Waals surface area contributed by atoms with Crippen molar-refractivity contribution >= 4 is 6.08 Å². The van der Waals surface area contributed by atoms with Crippen molar-refractivity contribution in [1.29, 1.82) is 0 Å². The Kier molecular flexibility index (Phi) is 3.14. The van der Waals surface area contributed by atoms with Crippen LogP contribution in [0.3, 0.4) is 0 Å². The summed E-state index contributed by atoms with van der Waals surface area (Å²) in [5.74, 6) is 0. The highest BCUT2D eigenvalue weighted by molar-refractivity contribution is 5.47. The summed E-state index contributed by atoms with van der Waals surface area (Å²) in [5, 5.41) is 0. The summed E-state index contributed by atoms with van der Waals surface area (Å²) in [4.78, 5) is 7.50. The van der Waals surface area contributed by atoms with E-state index in [0.717, 1.165) is 17.8 Å². The second-order valence-corrected chi connectivity index (χ2v) is 4.91. The Balaban J connectivity index is 2.28. The number of benzene rings is 1. The molecular weight excluding hydrogens is 208 g/mol. The van der Waals surface area contributed by atoms with Gasteiger partial charge in [-0.05, 0) is 18.1 Å². The van der Waals surface area contributed by atoms with E-state index in [1.54, 1.807) is 12.4 Å². The van der Waals surface area contributed by atoms with Gasteiger partial charge in [-0.1, -0.05) is 50.8 Å². The van der Waals surface area contributed by atoms with Gasteiger partial charge < -0.3 is 4.98 Å². The molecule has 0 saturated heterocycles. The van der Waals surface area contributed by atoms with E-state index in [2.05, 4.69) is 54.7 Å². The molecule has 0 unspecified atom stereocenters. The van der Waals surface area contributed by atoms with Crippen LogP contribution in [0.1, 0.15) is 30.8 Å². The van der Waals surface area contributed by atoms with Crippen LogP contribution >= 0.6 is 0 Å². The SMILES string of the molecule is C=Cc1nc[nH]c1C(C)(C)Cc1ccccc1. The van der Waals surface area contributed by atoms with Gasteiger partial charge in [-0.2, -0.15) is 0 Å². The van der Waals surface area contributed by atoms with E-state index >= 15 is 0 Å². The zero-order chi connectivity index (χ0) is 12.3. The van der Waals surface area contributed by atoms with Crippen LogP contribution in [0.15, 0.2) is 43.2 Å². The number of nitrogens with zero attached hydrogens (tertiary/aromatic N) is 1. The fourth-order valence-corrected chi connectivity index (χ4v) is 2.20. The summed E-state index contributed by atoms with van der Waals surface area (Å²) >= 11 is 0. The quantitative estimate of drug-likeness (QED) is 0.848. The standard InChI is InChI=1S/C15H18N2/c1-4-13-14(17-11-16-13)15(2,3)10-12-8-6-5-7-9-12/h4-9,11H,1,10H2,2-3H3,(H,16,17). The number of aromatic amines is 1. The highest BCUT2D eigenvalue weighted by atomic mass is 14.9. The molecule has 1 N–H and O–H groups in total. The van der Waals surface area contributed by atoms with Gasteiger partial charge >= 0.3 is 0 Å². The van der Waals surface area contributed by atoms with Crippen molar-refractivity contribution in [2.75, 3.05) is 0 Å². The van der Waals surface area contributed by atoms with Crippen LogP contribution in [0.2, 0.25) is 0 Å². The first kappa shape index (κ1) is 11.6. The van der Waals surface area contributed by atoms with E-state index in [-0.39, 0.29) is 5.41 Å². The van der Waals surface area contributed by atoms with Crippen LogP contribution in [0.25, 0.3) is 6.08 Å². The maximum Gasteiger partial charge on any atom is 0.0929 e. The van der Waals surface area contributed by atoms with Gasteiger partial charge in [-0.15, -0.1) is 0 Å². The predicted molar refractivity (Wildman–Crippen MR) is 71.9 cm³/mol. The van der Waals surface area contributed by atoms with E-state index in [1.807, 2.05) is 6.07 Å². The Labute approximate surface area is 102 Å². The van der Waals surface area contributed by atoms with Crippen molar-refractivity contribution in [3.8, 4) is 0 Å². The lowest BCUT2D eigenvalue weighted by Crippen LogP contribution is -2.22. The van der Waals surface area contributed by atoms with E-state index in [9.17, 15) is 0 Å². The monoisotopic (exact) mass is 226 g/mol. The van der Waals surface area contributed by atoms with Gasteiger partial charge in [-0.25, -0.2) is 4.98 Å². The molecule has 0 aliphatic heterocycles. The van der Waals surface area contributed by atoms with Crippen molar-refractivity contribution < 1.29 is 0 Å². The third-order valence-corrected chi connectivity index (χ3v) is 3.03. The molecule has 1 aromatic carbocycles. The fourth-order valence-electron chi connectivity index (χ4n) is 2.20. The average Bonchev–Trinajstić information content (AvgIpc) is 2.78. The molecule has 0 bridgehead atoms. The highest BCUT2D eigenvalue weighted by Crippen LogP contribution is 2.28. The molecule has 0 radical (unpaired) electrons. The zero-order valence-corrected chi connectivity index (χ0v) is 10.4. The van der Waals surface area contributed by atoms with Gasteiger partial charge in [0.25, 0.3) is 0 Å². The summed E-state index contributed by atoms with van der Waals surface area (Å²) in [7, 11) is 0. The van der Waals surface area contributed by atoms with Crippen molar-refractivity contribution in [2.45, 2.75) is 25.7 Å². The Morgan fingerprint density at radius 2 is 2.00 bits per heavy atom. The number of imidazole rings is 1. The molecule has 0 atom stereocenters. The molecule has 1 aromatic heterocycles. The lowest BCUT2D eigenvalue weighted by atomic mass is 9.81. The van der Waals surface area contributed by atoms with Crippen molar-refractivity contribution in [2.24, 2.45) is 0 Å². The Hall–Kier alpha value is -1.83. The first-order chi connectivity index (χ1) is 8.13. The predicted octanol–water partition coefficient (Wildman–Crippen LogP) is 3.57. The van der Waals surface area contributed by atoms with Gasteiger partial charge in [0.2, 0.25) is 0 Å². The molecule has 2 nitrogen and oxygen atoms in total. The van der Waals surface area contributed by atoms with Crippen molar-refractivity contribution in [1.82, 2.24) is 9.97 Å². The van der Waals surface area contributed by atoms with Gasteiger partial charge in [0.1, 0.15) is 0 Å². The van der Waals surface area contributed by atoms with Crippen LogP contribution < -0.4 is 0 Å². The highest BCUT2D eigenvalue weighted by Gasteiger charge is 2.25. The van der Waals surface area contributed by atoms with E-state index in [1.165, 1.54) is 5.56 Å². The topological polar surface area (TPSA) is 28.7 Å². The maximum atomic E-state index is 4.27. The lowest BCUT2D eigenvalue weighted by molar-refractivity contribution is 0.507. The molecule has 2 heteroatoms. The molecule has 0 aliphatic carbocycles. The number of rotatable bonds is 4. The van der Waals surface area contributed by atoms with Gasteiger partial charge in [0.05, 0.1) is 12.0 Å². The Morgan fingerprint density at radius 3 is 2.65 bits per heavy atom. The van der Waals surface area contributed by atoms with Crippen LogP contribution in [-0.4, -0.2) is 9.97 Å². The second-order valence-electron chi connectivity index (χ2n) is 4.91. The number of H-pyrrole nitrogens is 1. The van der Waals surface area contributed by atoms with E-state index in [0.29, 0.717) is 0 Å². The zero-order valence-electron chi connectivity index (χ0n) is 10.4. The third-order valence-electron chi connectivity index (χ3n) is 3.03. The molecule has 1 heterocycles. The largest absolute Gasteiger partial charge is 0.348 e. The molecule has 0 fully saturated rings. The average molecular weight is 226 g/mol. The molecule has 0 spiro atoms. The fraction of sp³-hybridized carbons (Fsp3) is 0.267. The van der Waals surface area contributed by atoms with Gasteiger partial charge in [0, 0.05) is 11.1 Å². The normalized spacial score (nSPS) is 11.4. The summed E-state index contributed by atoms with van der Waals surface area (Å²) in [5.41, 5.74) is 3.46. The smallest absolute Gasteiger partial charge is 0.0929 e. The second kappa shape index (κ2) is 4.58. The molecular formula is C15H18N2. The first-order valence-electron chi connectivity index (χ1n) is 5.84. The number of hydrogen-bond donors (Lipinski definition) is 1. The van der Waals surface area contributed by atoms with Crippen LogP contribution in [0, 0.1) is 0 Å². The van der Waals surface area contributed by atoms with Gasteiger partial charge in [-0.3, -0.25) is 0 Å². The minimum Gasteiger partial charge on any atom is -0.348 e. The minimum atomic E-state index is 0.0291. The summed E-state index contributed by atoms with van der Waals surface area (Å²) in [6, 6.07) is 10.5. The molecule has 0 amide bonds. The number of aromatic nitrogens is 2. The molecule has 2 rings (SSSR count). The maximum absolute atomic E-state index is 4.27. The number of hydrogen-bond acceptors (Lipinski definition) is 1. The molecule has 0 aliphatic rings. The third kappa shape index (κ3) is 2.47. The van der Waals surface area contributed by atoms with Crippen LogP contribution in [0.4, 0.5) is 0 Å². The molecule has 2 aromatic rings. The summed E-state index contributed by atoms with van der Waals surface area (Å²) in [6.07, 6.45) is 4.52. The molecule has 88 valence electrons. The van der Waals surface area contributed by atoms with Gasteiger partial charge in [0.15, 0.2) is 0 Å². The van der Waals surface area contributed by atoms with Crippen molar-refractivity contribution in [3.05, 3.63) is 60.2 Å². The lowest BCUT2D eigenvalue weighted by Gasteiger charge is -2.24. The summed E-state index contributed by atoms with van der Waals surface area (Å²) in [6.45, 7) is 8.25. The minimum absolute atomic E-state index is 0.0291. The molecule has 0 saturated carbocycles. The first-order valence-corrected chi connectivity index (χ1v) is 5.84. The van der Waals surface area contributed by atoms with E-state index in [4.69, 9.17) is 0 Å². The Bertz CT molecular complexity index is 495. The van der Waals surface area contributed by atoms with E-state index < -0.39 is 0 Å². The molecule has 17 heavy (non-hydrogen) atoms.